The second-order valence-electron chi connectivity index (χ2n) is 32.9. The Morgan fingerprint density at radius 2 is 1.31 bits per heavy atom. The number of carbonyl (C=O) groups excluding carboxylic acids is 9. The second-order valence-corrected chi connectivity index (χ2v) is 33.7. The zero-order valence-electron chi connectivity index (χ0n) is 65.6. The van der Waals surface area contributed by atoms with Crippen molar-refractivity contribution < 1.29 is 112 Å². The number of hydrogen-bond donors (Lipinski definition) is 15. The summed E-state index contributed by atoms with van der Waals surface area (Å²) in [6.45, 7) is 8.75. The van der Waals surface area contributed by atoms with E-state index in [4.69, 9.17) is 57.4 Å². The van der Waals surface area contributed by atoms with Crippen LogP contribution < -0.4 is 56.6 Å². The second kappa shape index (κ2) is 36.5. The summed E-state index contributed by atoms with van der Waals surface area (Å²) in [5, 5.41) is 110. The predicted octanol–water partition coefficient (Wildman–Crippen LogP) is 7.77. The Kier molecular flexibility index (Phi) is 26.2. The van der Waals surface area contributed by atoms with Gasteiger partial charge in [0.25, 0.3) is 0 Å². The van der Waals surface area contributed by atoms with Gasteiger partial charge in [0, 0.05) is 80.7 Å². The maximum atomic E-state index is 16.6. The van der Waals surface area contributed by atoms with Crippen LogP contribution >= 0.6 is 23.2 Å². The lowest BCUT2D eigenvalue weighted by Gasteiger charge is -2.54. The first-order chi connectivity index (χ1) is 56.9. The Labute approximate surface area is 694 Å². The quantitative estimate of drug-likeness (QED) is 0.0390. The van der Waals surface area contributed by atoms with Gasteiger partial charge in [-0.05, 0) is 187 Å². The van der Waals surface area contributed by atoms with Gasteiger partial charge in [0.2, 0.25) is 41.6 Å². The molecule has 2 saturated heterocycles. The molecule has 15 bridgehead atoms. The summed E-state index contributed by atoms with van der Waals surface area (Å²) in [7, 11) is 0. The molecule has 33 heteroatoms. The van der Waals surface area contributed by atoms with Gasteiger partial charge in [-0.2, -0.15) is 0 Å². The molecule has 6 aromatic rings. The molecule has 634 valence electrons. The van der Waals surface area contributed by atoms with E-state index in [0.717, 1.165) is 75.5 Å². The molecule has 4 aliphatic carbocycles. The lowest BCUT2D eigenvalue weighted by atomic mass is 9.51. The minimum absolute atomic E-state index is 0.0386. The number of imide groups is 1. The standard InChI is InChI=1S/C86H98Cl2N8O23/c1-4-42(21-39(2)3)81(109)94-73-61(100)30-49(33-69(103)91-86(113)90-50-8-10-52(11-9-50)115-20-17-96-15-18-114-19-16-96)82(110)92-71-48-31-66(116-64-13-6-44(75(73)104)28-57(64)87)80(119-85-79(108)78(107)77(106)68(38-89)118-85)67(32-48)117-65-14-7-45(29-58(65)88)76(105)74-84(112)93-72(63(102)36-53-46-23-40-22-41(25-46)26-47(53)24-40)56-34-51(97)35-60(99)70(56)55-27-43(5-12-59(55)98)54(37-62(71)101)83(111)95-74/h5-14,27-29,31-32,34-35,39-42,46-47,49,53-54,68,71-79,85,97-99,104-108H,4,15-26,30,33,36-38,89H2,1-3H3,(H,92,110)(H,93,112)(H,94,109)(H,95,111)(H2,90,91,103,113)/t40?,41?,42-,46?,47?,49+,53?,54-,68-,71-,72+,73+,74+,75-,76-,77-,78+,79-,85+/m1/s1. The molecule has 7 heterocycles. The van der Waals surface area contributed by atoms with Crippen LogP contribution in [0.25, 0.3) is 11.1 Å². The summed E-state index contributed by atoms with van der Waals surface area (Å²) >= 11 is 14.4. The molecule has 6 aromatic carbocycles. The number of aliphatic hydroxyl groups excluding tert-OH is 5. The zero-order chi connectivity index (χ0) is 84.5. The molecule has 6 fully saturated rings. The molecule has 4 saturated carbocycles. The Hall–Kier alpha value is -10.0. The van der Waals surface area contributed by atoms with Crippen LogP contribution in [-0.2, 0) is 47.8 Å². The van der Waals surface area contributed by atoms with Gasteiger partial charge in [-0.15, -0.1) is 0 Å². The molecule has 0 radical (unpaired) electrons. The van der Waals surface area contributed by atoms with Crippen LogP contribution in [-0.4, -0.2) is 187 Å². The third-order valence-corrected chi connectivity index (χ3v) is 24.9. The number of anilines is 1. The van der Waals surface area contributed by atoms with E-state index in [1.807, 2.05) is 13.8 Å². The molecule has 11 aliphatic rings. The van der Waals surface area contributed by atoms with Crippen molar-refractivity contribution in [3.63, 3.8) is 0 Å². The van der Waals surface area contributed by atoms with Gasteiger partial charge in [-0.25, -0.2) is 4.79 Å². The van der Waals surface area contributed by atoms with E-state index >= 15 is 28.8 Å². The number of urea groups is 1. The normalized spacial score (nSPS) is 28.4. The number of Topliss-reactive ketones (excluding diaryl/α,β-unsaturated/α-hetero) is 3. The number of nitrogens with one attached hydrogen (secondary N) is 6. The van der Waals surface area contributed by atoms with E-state index in [2.05, 4.69) is 36.8 Å². The fourth-order valence-corrected chi connectivity index (χ4v) is 18.8. The van der Waals surface area contributed by atoms with Crippen LogP contribution in [0.4, 0.5) is 10.5 Å². The number of aliphatic hydroxyl groups is 5. The first-order valence-electron chi connectivity index (χ1n) is 40.3. The van der Waals surface area contributed by atoms with Gasteiger partial charge in [0.1, 0.15) is 102 Å². The van der Waals surface area contributed by atoms with Crippen molar-refractivity contribution in [2.24, 2.45) is 53.1 Å². The molecule has 7 amide bonds. The van der Waals surface area contributed by atoms with Gasteiger partial charge in [0.05, 0.1) is 35.1 Å². The van der Waals surface area contributed by atoms with Crippen molar-refractivity contribution >= 4 is 81.8 Å². The highest BCUT2D eigenvalue weighted by molar-refractivity contribution is 6.32. The van der Waals surface area contributed by atoms with Crippen molar-refractivity contribution in [2.45, 2.75) is 164 Å². The van der Waals surface area contributed by atoms with Crippen LogP contribution in [0.5, 0.6) is 51.7 Å². The van der Waals surface area contributed by atoms with Crippen LogP contribution in [0.3, 0.4) is 0 Å². The molecule has 17 rings (SSSR count). The lowest BCUT2D eigenvalue weighted by Crippen LogP contribution is -2.60. The number of carbonyl (C=O) groups is 9. The van der Waals surface area contributed by atoms with Crippen LogP contribution in [0, 0.1) is 47.3 Å². The Bertz CT molecular complexity index is 4840. The van der Waals surface area contributed by atoms with Crippen molar-refractivity contribution in [2.75, 3.05) is 51.3 Å². The number of ketones is 3. The lowest BCUT2D eigenvalue weighted by molar-refractivity contribution is -0.270. The van der Waals surface area contributed by atoms with Gasteiger partial charge < -0.3 is 102 Å². The molecule has 0 spiro atoms. The highest BCUT2D eigenvalue weighted by Crippen LogP contribution is 2.58. The van der Waals surface area contributed by atoms with Crippen molar-refractivity contribution in [3.05, 3.63) is 141 Å². The van der Waals surface area contributed by atoms with Gasteiger partial charge in [-0.1, -0.05) is 62.2 Å². The average Bonchev–Trinajstić information content (AvgIpc) is 0.756. The third-order valence-electron chi connectivity index (χ3n) is 24.4. The first kappa shape index (κ1) is 85.4. The Morgan fingerprint density at radius 3 is 1.94 bits per heavy atom. The van der Waals surface area contributed by atoms with Crippen molar-refractivity contribution in [1.82, 2.24) is 31.5 Å². The van der Waals surface area contributed by atoms with E-state index in [1.165, 1.54) is 60.7 Å². The van der Waals surface area contributed by atoms with E-state index in [0.29, 0.717) is 50.4 Å². The first-order valence-corrected chi connectivity index (χ1v) is 41.1. The molecular formula is C86H98Cl2N8O23. The van der Waals surface area contributed by atoms with Gasteiger partial charge in [-0.3, -0.25) is 48.6 Å². The molecular weight excluding hydrogens is 1580 g/mol. The summed E-state index contributed by atoms with van der Waals surface area (Å²) in [5.74, 6) is -15.4. The van der Waals surface area contributed by atoms with Gasteiger partial charge >= 0.3 is 6.03 Å². The molecule has 119 heavy (non-hydrogen) atoms. The number of halogens is 2. The molecule has 7 aliphatic heterocycles. The van der Waals surface area contributed by atoms with E-state index < -0.39 is 198 Å². The average molecular weight is 1680 g/mol. The Balaban J connectivity index is 0.912. The predicted molar refractivity (Wildman–Crippen MR) is 428 cm³/mol. The van der Waals surface area contributed by atoms with E-state index in [-0.39, 0.29) is 103 Å². The van der Waals surface area contributed by atoms with Crippen molar-refractivity contribution in [1.29, 1.82) is 0 Å². The highest BCUT2D eigenvalue weighted by Gasteiger charge is 2.51. The third kappa shape index (κ3) is 18.9. The number of phenols is 3. The minimum Gasteiger partial charge on any atom is -0.508 e. The topological polar surface area (TPSA) is 472 Å². The monoisotopic (exact) mass is 1680 g/mol. The summed E-state index contributed by atoms with van der Waals surface area (Å²) in [4.78, 5) is 141. The van der Waals surface area contributed by atoms with Crippen LogP contribution in [0.1, 0.15) is 149 Å². The van der Waals surface area contributed by atoms with Crippen LogP contribution in [0.15, 0.2) is 103 Å². The highest BCUT2D eigenvalue weighted by atomic mass is 35.5. The Morgan fingerprint density at radius 1 is 0.664 bits per heavy atom. The largest absolute Gasteiger partial charge is 0.508 e. The van der Waals surface area contributed by atoms with Crippen molar-refractivity contribution in [3.8, 4) is 62.9 Å². The summed E-state index contributed by atoms with van der Waals surface area (Å²) in [6, 6.07) is 12.4. The molecule has 14 atom stereocenters. The number of ether oxygens (including phenoxy) is 6. The summed E-state index contributed by atoms with van der Waals surface area (Å²) in [6.07, 6.45) is -11.3. The smallest absolute Gasteiger partial charge is 0.325 e. The molecule has 0 unspecified atom stereocenters. The summed E-state index contributed by atoms with van der Waals surface area (Å²) in [5.41, 5.74) is 4.66. The molecule has 31 nitrogen and oxygen atoms in total. The fraction of sp³-hybridized carbons (Fsp3) is 0.477. The SMILES string of the molecule is CC[C@H](CC(C)C)C(=O)N[C@H]1C(=O)C[C@@H](CC(=O)NC(=O)Nc2ccc(OCCN3CCOCC3)cc2)C(=O)N[C@H]2C(=O)C[C@H]3C(=O)N[C@H](C(=O)N[C@H](C(=O)CC4C5CC6CC(C5)CC4C6)c4cc(O)cc(O)c4-c4cc3ccc4O)[C@H](O)c3ccc(c(Cl)c3)Oc3cc2cc(c3O[C@@H]2O[C@H](CN)[C@@H](O)[C@H](O)[C@H]2O)Oc2ccc(cc2Cl)[C@H]1O. The van der Waals surface area contributed by atoms with Gasteiger partial charge in [0.15, 0.2) is 28.8 Å². The minimum atomic E-state index is -2.21. The number of rotatable bonds is 18. The number of fused-ring (bicyclic) bond motifs is 15. The maximum absolute atomic E-state index is 16.6. The molecule has 0 aromatic heterocycles. The maximum Gasteiger partial charge on any atom is 0.325 e. The van der Waals surface area contributed by atoms with Crippen LogP contribution in [0.2, 0.25) is 10.0 Å². The number of morpholine rings is 1. The summed E-state index contributed by atoms with van der Waals surface area (Å²) < 4.78 is 37.2. The number of hydrogen-bond acceptors (Lipinski definition) is 25. The molecule has 16 N–H and O–H groups in total. The number of nitrogens with two attached hydrogens (primary N) is 1. The van der Waals surface area contributed by atoms with E-state index in [1.54, 1.807) is 19.1 Å². The number of benzene rings is 6. The number of nitrogens with zero attached hydrogens (tertiary/aromatic N) is 1. The van der Waals surface area contributed by atoms with E-state index in [9.17, 15) is 55.2 Å². The number of amides is 7. The zero-order valence-corrected chi connectivity index (χ0v) is 67.1. The fourth-order valence-electron chi connectivity index (χ4n) is 18.4. The number of phenolic OH excluding ortho intramolecular Hbond substituents is 3. The number of aromatic hydroxyl groups is 3.